The van der Waals surface area contributed by atoms with Crippen LogP contribution in [0.25, 0.3) is 0 Å². The van der Waals surface area contributed by atoms with Crippen molar-refractivity contribution in [2.75, 3.05) is 24.7 Å². The number of hydrogen-bond donors (Lipinski definition) is 1. The summed E-state index contributed by atoms with van der Waals surface area (Å²) < 4.78 is 24.0. The second-order valence-electron chi connectivity index (χ2n) is 3.81. The van der Waals surface area contributed by atoms with Gasteiger partial charge in [0.2, 0.25) is 15.9 Å². The van der Waals surface area contributed by atoms with E-state index in [1.807, 2.05) is 0 Å². The quantitative estimate of drug-likeness (QED) is 0.903. The minimum Gasteiger partial charge on any atom is -0.324 e. The van der Waals surface area contributed by atoms with Gasteiger partial charge in [-0.05, 0) is 19.1 Å². The number of likely N-dealkylation sites (N-methyl/N-ethyl adjacent to an activating group) is 1. The molecule has 0 radical (unpaired) electrons. The minimum absolute atomic E-state index is 0.0608. The number of nitrogens with one attached hydrogen (secondary N) is 1. The van der Waals surface area contributed by atoms with Crippen molar-refractivity contribution >= 4 is 44.8 Å². The number of carbonyl (C=O) groups is 1. The number of benzene rings is 1. The van der Waals surface area contributed by atoms with Crippen molar-refractivity contribution in [3.05, 3.63) is 28.2 Å². The Morgan fingerprint density at radius 1 is 1.37 bits per heavy atom. The van der Waals surface area contributed by atoms with Gasteiger partial charge in [-0.3, -0.25) is 4.79 Å². The summed E-state index contributed by atoms with van der Waals surface area (Å²) in [5.74, 6) is -0.544. The second-order valence-corrected chi connectivity index (χ2v) is 6.96. The molecule has 0 heterocycles. The Morgan fingerprint density at radius 3 is 2.58 bits per heavy atom. The molecule has 0 unspecified atom stereocenters. The van der Waals surface area contributed by atoms with Gasteiger partial charge in [0, 0.05) is 7.05 Å². The fraction of sp³-hybridized carbons (Fsp3) is 0.364. The first kappa shape index (κ1) is 16.2. The van der Waals surface area contributed by atoms with Crippen LogP contribution in [0.2, 0.25) is 10.0 Å². The maximum Gasteiger partial charge on any atom is 0.239 e. The Kier molecular flexibility index (Phi) is 5.61. The molecule has 0 fully saturated rings. The third kappa shape index (κ3) is 4.35. The molecular formula is C11H14Cl2N2O3S. The highest BCUT2D eigenvalue weighted by molar-refractivity contribution is 7.89. The number of carbonyl (C=O) groups excluding carboxylic acids is 1. The van der Waals surface area contributed by atoms with Gasteiger partial charge in [0.15, 0.2) is 0 Å². The largest absolute Gasteiger partial charge is 0.324 e. The molecular weight excluding hydrogens is 311 g/mol. The van der Waals surface area contributed by atoms with Gasteiger partial charge in [0.25, 0.3) is 0 Å². The lowest BCUT2D eigenvalue weighted by Crippen LogP contribution is -2.35. The highest BCUT2D eigenvalue weighted by Crippen LogP contribution is 2.29. The Balaban J connectivity index is 2.74. The van der Waals surface area contributed by atoms with E-state index in [4.69, 9.17) is 23.2 Å². The molecule has 1 aromatic rings. The average molecular weight is 325 g/mol. The molecule has 0 bridgehead atoms. The van der Waals surface area contributed by atoms with E-state index in [9.17, 15) is 13.2 Å². The minimum atomic E-state index is -3.39. The molecule has 0 aliphatic heterocycles. The van der Waals surface area contributed by atoms with Crippen LogP contribution in [-0.4, -0.2) is 38.0 Å². The highest BCUT2D eigenvalue weighted by Gasteiger charge is 2.18. The number of nitrogens with zero attached hydrogens (tertiary/aromatic N) is 1. The summed E-state index contributed by atoms with van der Waals surface area (Å²) in [5, 5.41) is 3.05. The zero-order valence-corrected chi connectivity index (χ0v) is 12.8. The third-order valence-electron chi connectivity index (χ3n) is 2.43. The van der Waals surface area contributed by atoms with Crippen molar-refractivity contribution in [2.24, 2.45) is 0 Å². The normalized spacial score (nSPS) is 11.6. The number of amides is 1. The number of anilines is 1. The molecule has 0 spiro atoms. The van der Waals surface area contributed by atoms with Crippen molar-refractivity contribution in [2.45, 2.75) is 6.92 Å². The van der Waals surface area contributed by atoms with E-state index >= 15 is 0 Å². The molecule has 5 nitrogen and oxygen atoms in total. The average Bonchev–Trinajstić information content (AvgIpc) is 2.34. The van der Waals surface area contributed by atoms with E-state index in [1.54, 1.807) is 18.2 Å². The van der Waals surface area contributed by atoms with E-state index < -0.39 is 15.9 Å². The highest BCUT2D eigenvalue weighted by atomic mass is 35.5. The molecule has 0 saturated heterocycles. The third-order valence-corrected chi connectivity index (χ3v) is 5.06. The molecule has 1 aromatic carbocycles. The van der Waals surface area contributed by atoms with Gasteiger partial charge < -0.3 is 5.32 Å². The van der Waals surface area contributed by atoms with Crippen molar-refractivity contribution in [3.63, 3.8) is 0 Å². The summed E-state index contributed by atoms with van der Waals surface area (Å²) in [6.45, 7) is 1.23. The summed E-state index contributed by atoms with van der Waals surface area (Å²) in [4.78, 5) is 11.7. The van der Waals surface area contributed by atoms with Crippen LogP contribution in [0.5, 0.6) is 0 Å². The van der Waals surface area contributed by atoms with Gasteiger partial charge in [0.1, 0.15) is 0 Å². The van der Waals surface area contributed by atoms with Crippen LogP contribution >= 0.6 is 23.2 Å². The smallest absolute Gasteiger partial charge is 0.239 e. The van der Waals surface area contributed by atoms with E-state index in [1.165, 1.54) is 14.0 Å². The second kappa shape index (κ2) is 6.56. The molecule has 19 heavy (non-hydrogen) atoms. The van der Waals surface area contributed by atoms with Gasteiger partial charge in [-0.1, -0.05) is 29.3 Å². The molecule has 0 aliphatic carbocycles. The standard InChI is InChI=1S/C11H14Cl2N2O3S/c1-3-19(17,18)15(2)7-10(16)14-9-6-4-5-8(12)11(9)13/h4-6H,3,7H2,1-2H3,(H,14,16). The number of rotatable bonds is 5. The van der Waals surface area contributed by atoms with E-state index in [2.05, 4.69) is 5.32 Å². The molecule has 0 atom stereocenters. The lowest BCUT2D eigenvalue weighted by molar-refractivity contribution is -0.116. The maximum absolute atomic E-state index is 11.7. The number of hydrogen-bond acceptors (Lipinski definition) is 3. The zero-order chi connectivity index (χ0) is 14.6. The molecule has 0 aromatic heterocycles. The Labute approximate surface area is 122 Å². The van der Waals surface area contributed by atoms with Crippen LogP contribution in [0, 0.1) is 0 Å². The molecule has 0 saturated carbocycles. The van der Waals surface area contributed by atoms with E-state index in [-0.39, 0.29) is 17.3 Å². The van der Waals surface area contributed by atoms with Crippen LogP contribution in [0.15, 0.2) is 18.2 Å². The molecule has 1 rings (SSSR count). The van der Waals surface area contributed by atoms with Crippen LogP contribution in [-0.2, 0) is 14.8 Å². The van der Waals surface area contributed by atoms with Crippen LogP contribution in [0.1, 0.15) is 6.92 Å². The lowest BCUT2D eigenvalue weighted by Gasteiger charge is -2.16. The van der Waals surface area contributed by atoms with Gasteiger partial charge in [-0.25, -0.2) is 8.42 Å². The van der Waals surface area contributed by atoms with E-state index in [0.717, 1.165) is 4.31 Å². The van der Waals surface area contributed by atoms with Gasteiger partial charge in [-0.15, -0.1) is 0 Å². The first-order valence-corrected chi connectivity index (χ1v) is 7.82. The lowest BCUT2D eigenvalue weighted by atomic mass is 10.3. The topological polar surface area (TPSA) is 66.5 Å². The Morgan fingerprint density at radius 2 is 2.00 bits per heavy atom. The van der Waals surface area contributed by atoms with Crippen molar-refractivity contribution in [1.29, 1.82) is 0 Å². The SMILES string of the molecule is CCS(=O)(=O)N(C)CC(=O)Nc1cccc(Cl)c1Cl. The van der Waals surface area contributed by atoms with Crippen molar-refractivity contribution in [3.8, 4) is 0 Å². The fourth-order valence-electron chi connectivity index (χ4n) is 1.31. The predicted octanol–water partition coefficient (Wildman–Crippen LogP) is 2.21. The summed E-state index contributed by atoms with van der Waals surface area (Å²) in [6.07, 6.45) is 0. The fourth-order valence-corrected chi connectivity index (χ4v) is 2.41. The number of sulfonamides is 1. The zero-order valence-electron chi connectivity index (χ0n) is 10.5. The van der Waals surface area contributed by atoms with Gasteiger partial charge >= 0.3 is 0 Å². The molecule has 0 aliphatic rings. The Bertz CT molecular complexity index is 575. The summed E-state index contributed by atoms with van der Waals surface area (Å²) >= 11 is 11.7. The van der Waals surface area contributed by atoms with Crippen LogP contribution in [0.4, 0.5) is 5.69 Å². The molecule has 106 valence electrons. The summed E-state index contributed by atoms with van der Waals surface area (Å²) in [5.41, 5.74) is 0.349. The number of halogens is 2. The predicted molar refractivity (Wildman–Crippen MR) is 77.2 cm³/mol. The molecule has 8 heteroatoms. The van der Waals surface area contributed by atoms with Crippen molar-refractivity contribution in [1.82, 2.24) is 4.31 Å². The van der Waals surface area contributed by atoms with Crippen LogP contribution < -0.4 is 5.32 Å². The Hall–Kier alpha value is -0.820. The first-order chi connectivity index (χ1) is 8.77. The summed E-state index contributed by atoms with van der Waals surface area (Å²) in [7, 11) is -2.05. The first-order valence-electron chi connectivity index (χ1n) is 5.45. The maximum atomic E-state index is 11.7. The van der Waals surface area contributed by atoms with Crippen LogP contribution in [0.3, 0.4) is 0 Å². The molecule has 1 amide bonds. The summed E-state index contributed by atoms with van der Waals surface area (Å²) in [6, 6.07) is 4.81. The van der Waals surface area contributed by atoms with Crippen molar-refractivity contribution < 1.29 is 13.2 Å². The van der Waals surface area contributed by atoms with E-state index in [0.29, 0.717) is 10.7 Å². The molecule has 1 N–H and O–H groups in total. The van der Waals surface area contributed by atoms with Gasteiger partial charge in [-0.2, -0.15) is 4.31 Å². The van der Waals surface area contributed by atoms with Gasteiger partial charge in [0.05, 0.1) is 28.0 Å². The monoisotopic (exact) mass is 324 g/mol.